The van der Waals surface area contributed by atoms with E-state index < -0.39 is 33.4 Å². The highest BCUT2D eigenvalue weighted by atomic mass is 35.5. The van der Waals surface area contributed by atoms with E-state index in [-0.39, 0.29) is 23.9 Å². The average molecular weight is 779 g/mol. The lowest BCUT2D eigenvalue weighted by Gasteiger charge is -2.29. The first-order valence-corrected chi connectivity index (χ1v) is 19.4. The van der Waals surface area contributed by atoms with Gasteiger partial charge in [-0.3, -0.25) is 14.2 Å². The van der Waals surface area contributed by atoms with Gasteiger partial charge < -0.3 is 5.32 Å². The van der Waals surface area contributed by atoms with Crippen LogP contribution < -0.4 is 10.2 Å². The van der Waals surface area contributed by atoms with Crippen molar-refractivity contribution in [1.29, 1.82) is 0 Å². The van der Waals surface area contributed by atoms with E-state index in [0.29, 0.717) is 34.3 Å². The van der Waals surface area contributed by atoms with Crippen LogP contribution in [0.1, 0.15) is 25.3 Å². The van der Waals surface area contributed by atoms with Crippen LogP contribution in [0.15, 0.2) is 127 Å². The maximum atomic E-state index is 14.7. The van der Waals surface area contributed by atoms with Crippen LogP contribution in [0.2, 0.25) is 10.0 Å². The standard InChI is InChI=1S/C40H33Cl2N7O4S/c1-40(21-26-9-11-29(12-10-26)30-22-43-25-44-23-30)38(51)48(34-19-31(41)18-32(42)20-34)39-45-24-36(49(39)40)54(52,53)47-17-5-8-35(47)37(50)46-33-15-13-28(14-16-33)27-6-3-2-4-7-27/h2-4,6-7,9-16,18-20,22-25,35H,5,8,17,21H2,1H3,(H,46,50). The van der Waals surface area contributed by atoms with Crippen molar-refractivity contribution in [1.82, 2.24) is 23.8 Å². The molecule has 1 saturated heterocycles. The molecule has 0 aliphatic carbocycles. The summed E-state index contributed by atoms with van der Waals surface area (Å²) in [6, 6.07) is 28.6. The largest absolute Gasteiger partial charge is 0.325 e. The van der Waals surface area contributed by atoms with E-state index in [1.807, 2.05) is 66.7 Å². The van der Waals surface area contributed by atoms with Crippen molar-refractivity contribution in [2.45, 2.75) is 42.8 Å². The van der Waals surface area contributed by atoms with Gasteiger partial charge in [0.1, 0.15) is 17.9 Å². The smallest absolute Gasteiger partial charge is 0.261 e. The van der Waals surface area contributed by atoms with Crippen LogP contribution in [-0.4, -0.2) is 56.6 Å². The number of carbonyl (C=O) groups is 2. The third kappa shape index (κ3) is 6.45. The summed E-state index contributed by atoms with van der Waals surface area (Å²) in [6.45, 7) is 1.81. The van der Waals surface area contributed by atoms with Gasteiger partial charge in [-0.2, -0.15) is 4.31 Å². The summed E-state index contributed by atoms with van der Waals surface area (Å²) in [4.78, 5) is 42.5. The lowest BCUT2D eigenvalue weighted by atomic mass is 9.91. The van der Waals surface area contributed by atoms with E-state index in [2.05, 4.69) is 20.3 Å². The highest BCUT2D eigenvalue weighted by Gasteiger charge is 2.53. The van der Waals surface area contributed by atoms with Crippen molar-refractivity contribution in [3.8, 4) is 22.3 Å². The summed E-state index contributed by atoms with van der Waals surface area (Å²) in [7, 11) is -4.37. The number of rotatable bonds is 9. The lowest BCUT2D eigenvalue weighted by Crippen LogP contribution is -2.46. The minimum atomic E-state index is -4.37. The molecule has 2 aliphatic rings. The third-order valence-electron chi connectivity index (χ3n) is 9.91. The van der Waals surface area contributed by atoms with Gasteiger partial charge in [0.2, 0.25) is 11.9 Å². The summed E-state index contributed by atoms with van der Waals surface area (Å²) in [5.74, 6) is -0.769. The van der Waals surface area contributed by atoms with Gasteiger partial charge in [0.25, 0.3) is 15.9 Å². The molecule has 4 aromatic carbocycles. The Morgan fingerprint density at radius 3 is 2.17 bits per heavy atom. The maximum Gasteiger partial charge on any atom is 0.261 e. The zero-order valence-electron chi connectivity index (χ0n) is 28.9. The molecule has 272 valence electrons. The number of hydrogen-bond donors (Lipinski definition) is 1. The Morgan fingerprint density at radius 2 is 1.48 bits per heavy atom. The first-order chi connectivity index (χ1) is 26.0. The van der Waals surface area contributed by atoms with E-state index >= 15 is 0 Å². The van der Waals surface area contributed by atoms with Crippen molar-refractivity contribution >= 4 is 62.4 Å². The van der Waals surface area contributed by atoms with Crippen molar-refractivity contribution in [2.75, 3.05) is 16.8 Å². The molecule has 0 spiro atoms. The molecule has 8 rings (SSSR count). The number of halogens is 2. The fourth-order valence-corrected chi connectivity index (χ4v) is 9.65. The SMILES string of the molecule is CC1(Cc2ccc(-c3cncnc3)cc2)C(=O)N(c2cc(Cl)cc(Cl)c2)c2ncc(S(=O)(=O)N3CCCC3C(=O)Nc3ccc(-c4ccccc4)cc3)n21. The topological polar surface area (TPSA) is 130 Å². The van der Waals surface area contributed by atoms with Gasteiger partial charge in [-0.15, -0.1) is 0 Å². The van der Waals surface area contributed by atoms with Crippen LogP contribution in [-0.2, 0) is 31.6 Å². The van der Waals surface area contributed by atoms with Crippen LogP contribution in [0.5, 0.6) is 0 Å². The Morgan fingerprint density at radius 1 is 0.852 bits per heavy atom. The predicted octanol–water partition coefficient (Wildman–Crippen LogP) is 7.74. The number of benzene rings is 4. The summed E-state index contributed by atoms with van der Waals surface area (Å²) in [5.41, 5.74) is 3.95. The minimum absolute atomic E-state index is 0.0937. The zero-order chi connectivity index (χ0) is 37.6. The molecular weight excluding hydrogens is 745 g/mol. The van der Waals surface area contributed by atoms with E-state index in [1.165, 1.54) is 26.3 Å². The van der Waals surface area contributed by atoms with Gasteiger partial charge in [0.05, 0.1) is 11.9 Å². The Bertz CT molecular complexity index is 2460. The first kappa shape index (κ1) is 35.6. The second-order valence-electron chi connectivity index (χ2n) is 13.5. The fraction of sp³-hybridized carbons (Fsp3) is 0.175. The Labute approximate surface area is 322 Å². The van der Waals surface area contributed by atoms with Crippen LogP contribution in [0.25, 0.3) is 22.3 Å². The average Bonchev–Trinajstić information content (AvgIpc) is 3.90. The molecular formula is C40H33Cl2N7O4S. The van der Waals surface area contributed by atoms with Crippen molar-refractivity contribution in [2.24, 2.45) is 0 Å². The number of nitrogens with zero attached hydrogens (tertiary/aromatic N) is 6. The molecule has 2 unspecified atom stereocenters. The van der Waals surface area contributed by atoms with Gasteiger partial charge >= 0.3 is 0 Å². The Hall–Kier alpha value is -5.40. The van der Waals surface area contributed by atoms with Crippen molar-refractivity contribution < 1.29 is 18.0 Å². The number of aromatic nitrogens is 4. The van der Waals surface area contributed by atoms with Gasteiger partial charge in [0, 0.05) is 46.7 Å². The van der Waals surface area contributed by atoms with E-state index in [0.717, 1.165) is 27.8 Å². The van der Waals surface area contributed by atoms with Gasteiger partial charge in [-0.05, 0) is 72.4 Å². The van der Waals surface area contributed by atoms with Gasteiger partial charge in [0.15, 0.2) is 5.03 Å². The molecule has 11 nitrogen and oxygen atoms in total. The first-order valence-electron chi connectivity index (χ1n) is 17.2. The van der Waals surface area contributed by atoms with Crippen LogP contribution in [0.3, 0.4) is 0 Å². The zero-order valence-corrected chi connectivity index (χ0v) is 31.3. The molecule has 2 amide bonds. The molecule has 14 heteroatoms. The number of amides is 2. The second kappa shape index (κ2) is 14.1. The molecule has 1 fully saturated rings. The van der Waals surface area contributed by atoms with E-state index in [9.17, 15) is 18.0 Å². The second-order valence-corrected chi connectivity index (χ2v) is 16.2. The molecule has 1 N–H and O–H groups in total. The number of hydrogen-bond acceptors (Lipinski definition) is 7. The molecule has 6 aromatic rings. The fourth-order valence-electron chi connectivity index (χ4n) is 7.29. The Kier molecular flexibility index (Phi) is 9.31. The number of nitrogens with one attached hydrogen (secondary N) is 1. The van der Waals surface area contributed by atoms with Gasteiger partial charge in [-0.1, -0.05) is 89.9 Å². The summed E-state index contributed by atoms with van der Waals surface area (Å²) in [5, 5.41) is 3.31. The Balaban J connectivity index is 1.13. The van der Waals surface area contributed by atoms with Crippen LogP contribution >= 0.6 is 23.2 Å². The molecule has 2 atom stereocenters. The van der Waals surface area contributed by atoms with Gasteiger partial charge in [-0.25, -0.2) is 28.3 Å². The number of carbonyl (C=O) groups excluding carboxylic acids is 2. The molecule has 2 aliphatic heterocycles. The van der Waals surface area contributed by atoms with E-state index in [4.69, 9.17) is 23.2 Å². The third-order valence-corrected chi connectivity index (χ3v) is 12.2. The lowest BCUT2D eigenvalue weighted by molar-refractivity contribution is -0.124. The van der Waals surface area contributed by atoms with Crippen molar-refractivity contribution in [3.05, 3.63) is 138 Å². The minimum Gasteiger partial charge on any atom is -0.325 e. The molecule has 0 saturated carbocycles. The summed E-state index contributed by atoms with van der Waals surface area (Å²) >= 11 is 12.7. The monoisotopic (exact) mass is 777 g/mol. The molecule has 54 heavy (non-hydrogen) atoms. The molecule has 0 radical (unpaired) electrons. The predicted molar refractivity (Wildman–Crippen MR) is 208 cm³/mol. The van der Waals surface area contributed by atoms with Crippen molar-refractivity contribution in [3.63, 3.8) is 0 Å². The number of sulfonamides is 1. The van der Waals surface area contributed by atoms with Crippen LogP contribution in [0.4, 0.5) is 17.3 Å². The highest BCUT2D eigenvalue weighted by Crippen LogP contribution is 2.45. The maximum absolute atomic E-state index is 14.7. The number of anilines is 3. The molecule has 4 heterocycles. The van der Waals surface area contributed by atoms with Crippen LogP contribution in [0, 0.1) is 0 Å². The normalized spacial score (nSPS) is 18.5. The summed E-state index contributed by atoms with van der Waals surface area (Å²) < 4.78 is 32.1. The molecule has 0 bridgehead atoms. The van der Waals surface area contributed by atoms with E-state index in [1.54, 1.807) is 49.6 Å². The summed E-state index contributed by atoms with van der Waals surface area (Å²) in [6.07, 6.45) is 7.06. The number of imidazole rings is 1. The highest BCUT2D eigenvalue weighted by molar-refractivity contribution is 7.89. The molecule has 2 aromatic heterocycles. The number of fused-ring (bicyclic) bond motifs is 1. The quantitative estimate of drug-likeness (QED) is 0.159.